The number of rotatable bonds is 3. The molecular formula is C22H34N4O2. The fourth-order valence-electron chi connectivity index (χ4n) is 4.97. The summed E-state index contributed by atoms with van der Waals surface area (Å²) in [6.45, 7) is 9.98. The Bertz CT molecular complexity index is 666. The van der Waals surface area contributed by atoms with Crippen LogP contribution in [0.3, 0.4) is 0 Å². The molecule has 3 heterocycles. The summed E-state index contributed by atoms with van der Waals surface area (Å²) in [6.07, 6.45) is 5.28. The molecule has 0 spiro atoms. The lowest BCUT2D eigenvalue weighted by Crippen LogP contribution is -2.50. The first kappa shape index (κ1) is 19.5. The lowest BCUT2D eigenvalue weighted by molar-refractivity contribution is -0.00517. The average molecular weight is 387 g/mol. The minimum absolute atomic E-state index is 0.0331. The summed E-state index contributed by atoms with van der Waals surface area (Å²) in [7, 11) is 0. The third-order valence-electron chi connectivity index (χ3n) is 6.25. The van der Waals surface area contributed by atoms with Gasteiger partial charge >= 0.3 is 6.03 Å². The zero-order chi connectivity index (χ0) is 19.5. The number of anilines is 2. The van der Waals surface area contributed by atoms with Gasteiger partial charge in [-0.25, -0.2) is 4.79 Å². The molecule has 3 saturated heterocycles. The van der Waals surface area contributed by atoms with E-state index in [4.69, 9.17) is 4.74 Å². The summed E-state index contributed by atoms with van der Waals surface area (Å²) >= 11 is 0. The van der Waals surface area contributed by atoms with Crippen LogP contribution in [-0.2, 0) is 4.74 Å². The maximum absolute atomic E-state index is 13.0. The van der Waals surface area contributed by atoms with Gasteiger partial charge in [0, 0.05) is 32.2 Å². The first-order valence-electron chi connectivity index (χ1n) is 10.9. The van der Waals surface area contributed by atoms with E-state index in [0.717, 1.165) is 44.0 Å². The molecule has 2 amide bonds. The summed E-state index contributed by atoms with van der Waals surface area (Å²) < 4.78 is 5.87. The van der Waals surface area contributed by atoms with Crippen molar-refractivity contribution in [2.75, 3.05) is 49.5 Å². The molecule has 0 aliphatic carbocycles. The first-order valence-corrected chi connectivity index (χ1v) is 10.9. The van der Waals surface area contributed by atoms with Gasteiger partial charge in [0.05, 0.1) is 23.6 Å². The highest BCUT2D eigenvalue weighted by Crippen LogP contribution is 2.29. The van der Waals surface area contributed by atoms with Gasteiger partial charge in [0.2, 0.25) is 0 Å². The Labute approximate surface area is 168 Å². The van der Waals surface area contributed by atoms with Crippen molar-refractivity contribution in [2.24, 2.45) is 0 Å². The Morgan fingerprint density at radius 3 is 2.46 bits per heavy atom. The maximum Gasteiger partial charge on any atom is 0.321 e. The maximum atomic E-state index is 13.0. The normalized spacial score (nSPS) is 29.1. The van der Waals surface area contributed by atoms with E-state index in [1.165, 1.54) is 32.4 Å². The number of carbonyl (C=O) groups is 1. The number of ether oxygens (including phenoxy) is 1. The fourth-order valence-corrected chi connectivity index (χ4v) is 4.97. The van der Waals surface area contributed by atoms with E-state index in [0.29, 0.717) is 6.04 Å². The number of hydrogen-bond acceptors (Lipinski definition) is 4. The monoisotopic (exact) mass is 386 g/mol. The number of nitrogens with one attached hydrogen (secondary N) is 1. The molecule has 6 heteroatoms. The molecule has 3 atom stereocenters. The van der Waals surface area contributed by atoms with Crippen molar-refractivity contribution >= 4 is 17.4 Å². The van der Waals surface area contributed by atoms with E-state index in [9.17, 15) is 4.79 Å². The number of nitrogens with zero attached hydrogens (tertiary/aromatic N) is 3. The van der Waals surface area contributed by atoms with Crippen molar-refractivity contribution < 1.29 is 9.53 Å². The summed E-state index contributed by atoms with van der Waals surface area (Å²) in [4.78, 5) is 20.0. The van der Waals surface area contributed by atoms with Crippen LogP contribution in [0, 0.1) is 0 Å². The van der Waals surface area contributed by atoms with Crippen molar-refractivity contribution in [1.29, 1.82) is 0 Å². The van der Waals surface area contributed by atoms with Gasteiger partial charge < -0.3 is 19.9 Å². The Morgan fingerprint density at radius 1 is 1.00 bits per heavy atom. The van der Waals surface area contributed by atoms with Gasteiger partial charge in [0.25, 0.3) is 0 Å². The molecule has 6 nitrogen and oxygen atoms in total. The molecule has 28 heavy (non-hydrogen) atoms. The molecule has 3 aliphatic heterocycles. The number of hydrogen-bond donors (Lipinski definition) is 1. The lowest BCUT2D eigenvalue weighted by atomic mass is 10.0. The SMILES string of the molecule is C[C@@H]1CN(c2ccccc2NC(=O)N2CCC[C@H](N3CCCC3)C2)C[C@H](C)O1. The van der Waals surface area contributed by atoms with Crippen LogP contribution in [0.5, 0.6) is 0 Å². The molecule has 3 fully saturated rings. The zero-order valence-corrected chi connectivity index (χ0v) is 17.3. The molecule has 0 unspecified atom stereocenters. The van der Waals surface area contributed by atoms with Gasteiger partial charge in [0.15, 0.2) is 0 Å². The molecule has 1 N–H and O–H groups in total. The lowest BCUT2D eigenvalue weighted by Gasteiger charge is -2.39. The van der Waals surface area contributed by atoms with Gasteiger partial charge in [-0.05, 0) is 64.8 Å². The number of para-hydroxylation sites is 2. The van der Waals surface area contributed by atoms with Crippen LogP contribution in [0.4, 0.5) is 16.2 Å². The van der Waals surface area contributed by atoms with Crippen LogP contribution in [0.25, 0.3) is 0 Å². The molecule has 4 rings (SSSR count). The Balaban J connectivity index is 1.43. The van der Waals surface area contributed by atoms with E-state index >= 15 is 0 Å². The van der Waals surface area contributed by atoms with Crippen molar-refractivity contribution in [3.05, 3.63) is 24.3 Å². The third kappa shape index (κ3) is 4.44. The van der Waals surface area contributed by atoms with Crippen LogP contribution < -0.4 is 10.2 Å². The topological polar surface area (TPSA) is 48.1 Å². The molecule has 0 saturated carbocycles. The Hall–Kier alpha value is -1.79. The van der Waals surface area contributed by atoms with E-state index in [1.807, 2.05) is 23.1 Å². The van der Waals surface area contributed by atoms with Gasteiger partial charge in [-0.1, -0.05) is 12.1 Å². The summed E-state index contributed by atoms with van der Waals surface area (Å²) in [5.41, 5.74) is 1.99. The van der Waals surface area contributed by atoms with E-state index in [1.54, 1.807) is 0 Å². The highest BCUT2D eigenvalue weighted by molar-refractivity contribution is 5.93. The predicted molar refractivity (Wildman–Crippen MR) is 113 cm³/mol. The molecule has 3 aliphatic rings. The fraction of sp³-hybridized carbons (Fsp3) is 0.682. The first-order chi connectivity index (χ1) is 13.6. The molecular weight excluding hydrogens is 352 g/mol. The largest absolute Gasteiger partial charge is 0.372 e. The highest BCUT2D eigenvalue weighted by Gasteiger charge is 2.30. The molecule has 154 valence electrons. The molecule has 1 aromatic carbocycles. The number of amides is 2. The van der Waals surface area contributed by atoms with Gasteiger partial charge in [0.1, 0.15) is 0 Å². The van der Waals surface area contributed by atoms with Crippen molar-refractivity contribution in [3.63, 3.8) is 0 Å². The number of piperidine rings is 1. The Kier molecular flexibility index (Phi) is 6.07. The molecule has 0 radical (unpaired) electrons. The molecule has 0 aromatic heterocycles. The number of benzene rings is 1. The summed E-state index contributed by atoms with van der Waals surface area (Å²) in [6, 6.07) is 8.71. The minimum Gasteiger partial charge on any atom is -0.372 e. The van der Waals surface area contributed by atoms with Crippen molar-refractivity contribution in [3.8, 4) is 0 Å². The predicted octanol–water partition coefficient (Wildman–Crippen LogP) is 3.39. The molecule has 1 aromatic rings. The zero-order valence-electron chi connectivity index (χ0n) is 17.3. The van der Waals surface area contributed by atoms with Crippen LogP contribution in [-0.4, -0.2) is 73.3 Å². The van der Waals surface area contributed by atoms with Crippen LogP contribution in [0.15, 0.2) is 24.3 Å². The second kappa shape index (κ2) is 8.70. The summed E-state index contributed by atoms with van der Waals surface area (Å²) in [5, 5.41) is 3.20. The highest BCUT2D eigenvalue weighted by atomic mass is 16.5. The molecule has 0 bridgehead atoms. The Morgan fingerprint density at radius 2 is 1.71 bits per heavy atom. The van der Waals surface area contributed by atoms with E-state index in [2.05, 4.69) is 35.0 Å². The minimum atomic E-state index is 0.0331. The third-order valence-corrected chi connectivity index (χ3v) is 6.25. The van der Waals surface area contributed by atoms with Gasteiger partial charge in [-0.3, -0.25) is 4.90 Å². The number of carbonyl (C=O) groups excluding carboxylic acids is 1. The van der Waals surface area contributed by atoms with Crippen LogP contribution in [0.1, 0.15) is 39.5 Å². The number of urea groups is 1. The smallest absolute Gasteiger partial charge is 0.321 e. The van der Waals surface area contributed by atoms with Crippen LogP contribution >= 0.6 is 0 Å². The van der Waals surface area contributed by atoms with E-state index < -0.39 is 0 Å². The number of likely N-dealkylation sites (tertiary alicyclic amines) is 2. The van der Waals surface area contributed by atoms with Gasteiger partial charge in [-0.15, -0.1) is 0 Å². The quantitative estimate of drug-likeness (QED) is 0.865. The second-order valence-electron chi connectivity index (χ2n) is 8.59. The second-order valence-corrected chi connectivity index (χ2v) is 8.59. The van der Waals surface area contributed by atoms with E-state index in [-0.39, 0.29) is 18.2 Å². The number of morpholine rings is 1. The van der Waals surface area contributed by atoms with Crippen molar-refractivity contribution in [2.45, 2.75) is 57.8 Å². The summed E-state index contributed by atoms with van der Waals surface area (Å²) in [5.74, 6) is 0. The average Bonchev–Trinajstić information content (AvgIpc) is 3.22. The van der Waals surface area contributed by atoms with Gasteiger partial charge in [-0.2, -0.15) is 0 Å². The van der Waals surface area contributed by atoms with Crippen LogP contribution in [0.2, 0.25) is 0 Å². The standard InChI is InChI=1S/C22H34N4O2/c1-17-14-26(15-18(2)28-17)21-10-4-3-9-20(21)23-22(27)25-13-7-8-19(16-25)24-11-5-6-12-24/h3-4,9-10,17-19H,5-8,11-16H2,1-2H3,(H,23,27)/t17-,18+,19-/m0/s1. The van der Waals surface area contributed by atoms with Crippen molar-refractivity contribution in [1.82, 2.24) is 9.80 Å².